The van der Waals surface area contributed by atoms with Crippen molar-refractivity contribution in [1.29, 1.82) is 0 Å². The smallest absolute Gasteiger partial charge is 0.346 e. The molecule has 0 atom stereocenters. The molecule has 0 spiro atoms. The van der Waals surface area contributed by atoms with Gasteiger partial charge in [0.15, 0.2) is 0 Å². The van der Waals surface area contributed by atoms with Gasteiger partial charge in [0, 0.05) is 6.20 Å². The molecule has 0 aliphatic heterocycles. The van der Waals surface area contributed by atoms with Gasteiger partial charge in [0.05, 0.1) is 0 Å². The largest absolute Gasteiger partial charge is 0.360 e. The predicted molar refractivity (Wildman–Crippen MR) is 79.0 cm³/mol. The highest BCUT2D eigenvalue weighted by atomic mass is 32.1. The zero-order valence-corrected chi connectivity index (χ0v) is 13.0. The summed E-state index contributed by atoms with van der Waals surface area (Å²) in [6.45, 7) is 0. The Balaban J connectivity index is 2.32. The molecular formula is C10H12N2O6P2S. The molecule has 2 rings (SSSR count). The van der Waals surface area contributed by atoms with Crippen molar-refractivity contribution in [2.75, 3.05) is 5.32 Å². The number of pyridine rings is 1. The molecule has 0 saturated heterocycles. The van der Waals surface area contributed by atoms with Crippen molar-refractivity contribution in [3.63, 3.8) is 0 Å². The van der Waals surface area contributed by atoms with Crippen molar-refractivity contribution in [2.45, 2.75) is 5.52 Å². The summed E-state index contributed by atoms with van der Waals surface area (Å²) in [5.41, 5.74) is -0.742. The van der Waals surface area contributed by atoms with E-state index in [0.29, 0.717) is 5.56 Å². The summed E-state index contributed by atoms with van der Waals surface area (Å²) in [7, 11) is -10.1. The molecular weight excluding hydrogens is 338 g/mol. The molecule has 0 bridgehead atoms. The summed E-state index contributed by atoms with van der Waals surface area (Å²) in [4.78, 5) is 40.1. The number of nitrogens with one attached hydrogen (secondary N) is 1. The van der Waals surface area contributed by atoms with E-state index < -0.39 is 20.7 Å². The van der Waals surface area contributed by atoms with Gasteiger partial charge >= 0.3 is 15.2 Å². The molecule has 0 unspecified atom stereocenters. The van der Waals surface area contributed by atoms with Crippen LogP contribution in [0.4, 0.5) is 5.82 Å². The molecule has 0 radical (unpaired) electrons. The Morgan fingerprint density at radius 3 is 2.29 bits per heavy atom. The summed E-state index contributed by atoms with van der Waals surface area (Å²) >= 11 is 1.47. The lowest BCUT2D eigenvalue weighted by atomic mass is 10.1. The van der Waals surface area contributed by atoms with Crippen LogP contribution in [-0.2, 0) is 9.13 Å². The number of thiophene rings is 1. The fourth-order valence-corrected chi connectivity index (χ4v) is 4.45. The third-order valence-corrected chi connectivity index (χ3v) is 6.55. The quantitative estimate of drug-likeness (QED) is 0.515. The molecule has 0 aliphatic carbocycles. The van der Waals surface area contributed by atoms with E-state index in [0.717, 1.165) is 5.56 Å². The SMILES string of the molecule is O=P(O)(O)C(Nc1cc(-c2ccsc2)ccn1)P(=O)(O)O. The van der Waals surface area contributed by atoms with Gasteiger partial charge in [-0.15, -0.1) is 0 Å². The van der Waals surface area contributed by atoms with Crippen LogP contribution < -0.4 is 5.32 Å². The molecule has 5 N–H and O–H groups in total. The average Bonchev–Trinajstić information content (AvgIpc) is 2.87. The number of hydrogen-bond acceptors (Lipinski definition) is 5. The van der Waals surface area contributed by atoms with Gasteiger partial charge in [-0.3, -0.25) is 9.13 Å². The minimum absolute atomic E-state index is 0.0321. The average molecular weight is 350 g/mol. The van der Waals surface area contributed by atoms with Gasteiger partial charge in [0.1, 0.15) is 5.82 Å². The van der Waals surface area contributed by atoms with Gasteiger partial charge in [-0.1, -0.05) is 0 Å². The second-order valence-electron chi connectivity index (χ2n) is 4.14. The highest BCUT2D eigenvalue weighted by molar-refractivity contribution is 7.71. The molecule has 0 saturated carbocycles. The maximum absolute atomic E-state index is 11.2. The molecule has 114 valence electrons. The Hall–Kier alpha value is -1.05. The Morgan fingerprint density at radius 2 is 1.76 bits per heavy atom. The molecule has 2 heterocycles. The fraction of sp³-hybridized carbons (Fsp3) is 0.100. The monoisotopic (exact) mass is 350 g/mol. The second-order valence-corrected chi connectivity index (χ2v) is 8.71. The number of nitrogens with zero attached hydrogens (tertiary/aromatic N) is 1. The van der Waals surface area contributed by atoms with E-state index in [-0.39, 0.29) is 5.82 Å². The first-order chi connectivity index (χ1) is 9.68. The lowest BCUT2D eigenvalue weighted by Gasteiger charge is -2.21. The van der Waals surface area contributed by atoms with Crippen LogP contribution in [0.5, 0.6) is 0 Å². The molecule has 21 heavy (non-hydrogen) atoms. The van der Waals surface area contributed by atoms with Crippen LogP contribution in [0, 0.1) is 0 Å². The first-order valence-electron chi connectivity index (χ1n) is 5.53. The molecule has 11 heteroatoms. The highest BCUT2D eigenvalue weighted by Gasteiger charge is 2.43. The Labute approximate surface area is 123 Å². The predicted octanol–water partition coefficient (Wildman–Crippen LogP) is 1.86. The highest BCUT2D eigenvalue weighted by Crippen LogP contribution is 2.59. The van der Waals surface area contributed by atoms with E-state index in [1.54, 1.807) is 6.07 Å². The minimum Gasteiger partial charge on any atom is -0.346 e. The lowest BCUT2D eigenvalue weighted by molar-refractivity contribution is 0.343. The van der Waals surface area contributed by atoms with Gasteiger partial charge in [0.25, 0.3) is 0 Å². The van der Waals surface area contributed by atoms with Crippen molar-refractivity contribution in [3.8, 4) is 11.1 Å². The van der Waals surface area contributed by atoms with Gasteiger partial charge in [0.2, 0.25) is 5.52 Å². The third kappa shape index (κ3) is 4.21. The molecule has 8 nitrogen and oxygen atoms in total. The first-order valence-corrected chi connectivity index (χ1v) is 9.84. The van der Waals surface area contributed by atoms with Crippen LogP contribution >= 0.6 is 26.5 Å². The molecule has 2 aromatic heterocycles. The van der Waals surface area contributed by atoms with Gasteiger partial charge < -0.3 is 24.9 Å². The van der Waals surface area contributed by atoms with Crippen molar-refractivity contribution in [3.05, 3.63) is 35.2 Å². The number of aromatic nitrogens is 1. The van der Waals surface area contributed by atoms with Gasteiger partial charge in [-0.05, 0) is 40.1 Å². The van der Waals surface area contributed by atoms with Crippen LogP contribution in [0.15, 0.2) is 35.2 Å². The first kappa shape index (κ1) is 16.3. The fourth-order valence-electron chi connectivity index (χ4n) is 1.61. The molecule has 0 amide bonds. The Morgan fingerprint density at radius 1 is 1.10 bits per heavy atom. The number of anilines is 1. The van der Waals surface area contributed by atoms with Crippen LogP contribution in [-0.4, -0.2) is 30.1 Å². The molecule has 0 aliphatic rings. The van der Waals surface area contributed by atoms with Crippen molar-refractivity contribution >= 4 is 32.3 Å². The summed E-state index contributed by atoms with van der Waals surface area (Å²) in [5, 5.41) is 5.85. The number of hydrogen-bond donors (Lipinski definition) is 5. The van der Waals surface area contributed by atoms with Crippen LogP contribution in [0.25, 0.3) is 11.1 Å². The maximum atomic E-state index is 11.2. The van der Waals surface area contributed by atoms with Gasteiger partial charge in [-0.25, -0.2) is 4.98 Å². The van der Waals surface area contributed by atoms with Crippen molar-refractivity contribution < 1.29 is 28.7 Å². The van der Waals surface area contributed by atoms with E-state index in [4.69, 9.17) is 19.6 Å². The minimum atomic E-state index is -5.05. The zero-order valence-electron chi connectivity index (χ0n) is 10.4. The van der Waals surface area contributed by atoms with E-state index in [1.807, 2.05) is 16.8 Å². The van der Waals surface area contributed by atoms with E-state index in [2.05, 4.69) is 10.3 Å². The Bertz CT molecular complexity index is 688. The summed E-state index contributed by atoms with van der Waals surface area (Å²) in [5.74, 6) is -0.0321. The molecule has 2 aromatic rings. The zero-order chi connectivity index (χ0) is 15.7. The van der Waals surface area contributed by atoms with Gasteiger partial charge in [-0.2, -0.15) is 11.3 Å². The maximum Gasteiger partial charge on any atom is 0.360 e. The third-order valence-electron chi connectivity index (χ3n) is 2.53. The second kappa shape index (κ2) is 5.98. The molecule has 0 aromatic carbocycles. The summed E-state index contributed by atoms with van der Waals surface area (Å²) < 4.78 is 22.4. The number of rotatable bonds is 5. The normalized spacial score (nSPS) is 12.6. The Kier molecular flexibility index (Phi) is 4.65. The van der Waals surface area contributed by atoms with Crippen LogP contribution in [0.1, 0.15) is 0 Å². The van der Waals surface area contributed by atoms with E-state index in [1.165, 1.54) is 23.6 Å². The standard InChI is InChI=1S/C10H12N2O6P2S/c13-19(14,15)10(20(16,17)18)12-9-5-7(1-3-11-9)8-2-4-21-6-8/h1-6,10H,(H,11,12)(H2,13,14,15)(H2,16,17,18). The topological polar surface area (TPSA) is 140 Å². The van der Waals surface area contributed by atoms with Crippen molar-refractivity contribution in [1.82, 2.24) is 4.98 Å². The lowest BCUT2D eigenvalue weighted by Crippen LogP contribution is -2.20. The van der Waals surface area contributed by atoms with E-state index >= 15 is 0 Å². The molecule has 0 fully saturated rings. The summed E-state index contributed by atoms with van der Waals surface area (Å²) in [6.07, 6.45) is 1.38. The van der Waals surface area contributed by atoms with Crippen molar-refractivity contribution in [2.24, 2.45) is 0 Å². The van der Waals surface area contributed by atoms with E-state index in [9.17, 15) is 9.13 Å². The summed E-state index contributed by atoms with van der Waals surface area (Å²) in [6, 6.07) is 4.98. The van der Waals surface area contributed by atoms with Crippen LogP contribution in [0.3, 0.4) is 0 Å². The van der Waals surface area contributed by atoms with Crippen LogP contribution in [0.2, 0.25) is 0 Å².